The summed E-state index contributed by atoms with van der Waals surface area (Å²) in [5.41, 5.74) is 5.10. The number of aromatic nitrogens is 3. The average molecular weight is 583 g/mol. The van der Waals surface area contributed by atoms with Crippen LogP contribution in [-0.4, -0.2) is 62.9 Å². The van der Waals surface area contributed by atoms with Crippen LogP contribution in [0.1, 0.15) is 55.0 Å². The van der Waals surface area contributed by atoms with Crippen molar-refractivity contribution in [3.05, 3.63) is 94.0 Å². The van der Waals surface area contributed by atoms with E-state index in [9.17, 15) is 9.90 Å². The summed E-state index contributed by atoms with van der Waals surface area (Å²) in [5, 5.41) is 10.5. The highest BCUT2D eigenvalue weighted by Crippen LogP contribution is 2.39. The number of benzene rings is 1. The summed E-state index contributed by atoms with van der Waals surface area (Å²) < 4.78 is 17.8. The summed E-state index contributed by atoms with van der Waals surface area (Å²) in [5.74, 6) is -0.401. The van der Waals surface area contributed by atoms with Gasteiger partial charge in [0.2, 0.25) is 0 Å². The van der Waals surface area contributed by atoms with Crippen molar-refractivity contribution in [3.8, 4) is 0 Å². The Balaban J connectivity index is 1.26. The Bertz CT molecular complexity index is 1670. The zero-order chi connectivity index (χ0) is 29.5. The molecule has 3 fully saturated rings. The third-order valence-corrected chi connectivity index (χ3v) is 9.26. The van der Waals surface area contributed by atoms with Crippen LogP contribution in [0.4, 0.5) is 15.8 Å². The Morgan fingerprint density at radius 1 is 1.02 bits per heavy atom. The first-order chi connectivity index (χ1) is 20.9. The number of pyridine rings is 3. The van der Waals surface area contributed by atoms with Gasteiger partial charge in [-0.1, -0.05) is 0 Å². The Labute approximate surface area is 251 Å². The SMILES string of the molecule is Cc1cc(CN(Cc2cn(C3CC3)c3cc(N4CC[C@@H](O)C4)c(F)cc3c2=O)[C@H]2CCCN(c3cccnc3)C2)ccn1. The third kappa shape index (κ3) is 5.88. The fourth-order valence-corrected chi connectivity index (χ4v) is 6.88. The van der Waals surface area contributed by atoms with E-state index in [0.29, 0.717) is 55.3 Å². The van der Waals surface area contributed by atoms with Gasteiger partial charge >= 0.3 is 0 Å². The first-order valence-corrected chi connectivity index (χ1v) is 15.5. The van der Waals surface area contributed by atoms with Gasteiger partial charge in [-0.05, 0) is 81.0 Å². The van der Waals surface area contributed by atoms with Crippen LogP contribution in [0.3, 0.4) is 0 Å². The van der Waals surface area contributed by atoms with Gasteiger partial charge < -0.3 is 19.5 Å². The topological polar surface area (TPSA) is 77.7 Å². The Kier molecular flexibility index (Phi) is 7.61. The van der Waals surface area contributed by atoms with Crippen molar-refractivity contribution in [2.75, 3.05) is 36.0 Å². The molecule has 224 valence electrons. The van der Waals surface area contributed by atoms with E-state index < -0.39 is 11.9 Å². The summed E-state index contributed by atoms with van der Waals surface area (Å²) in [4.78, 5) is 29.5. The summed E-state index contributed by atoms with van der Waals surface area (Å²) >= 11 is 0. The molecule has 0 spiro atoms. The predicted octanol–water partition coefficient (Wildman–Crippen LogP) is 4.82. The maximum absolute atomic E-state index is 15.5. The lowest BCUT2D eigenvalue weighted by Gasteiger charge is -2.40. The number of anilines is 2. The van der Waals surface area contributed by atoms with Crippen molar-refractivity contribution >= 4 is 22.3 Å². The summed E-state index contributed by atoms with van der Waals surface area (Å²) in [6, 6.07) is 12.1. The van der Waals surface area contributed by atoms with Crippen LogP contribution in [0.2, 0.25) is 0 Å². The van der Waals surface area contributed by atoms with Crippen molar-refractivity contribution in [3.63, 3.8) is 0 Å². The molecule has 9 heteroatoms. The number of hydrogen-bond acceptors (Lipinski definition) is 7. The monoisotopic (exact) mass is 582 g/mol. The van der Waals surface area contributed by atoms with Crippen molar-refractivity contribution in [1.82, 2.24) is 19.4 Å². The number of halogens is 1. The molecule has 2 aliphatic heterocycles. The molecule has 3 aromatic heterocycles. The molecule has 43 heavy (non-hydrogen) atoms. The molecule has 8 nitrogen and oxygen atoms in total. The number of aryl methyl sites for hydroxylation is 1. The van der Waals surface area contributed by atoms with Gasteiger partial charge in [0.25, 0.3) is 0 Å². The van der Waals surface area contributed by atoms with Crippen LogP contribution >= 0.6 is 0 Å². The molecule has 0 radical (unpaired) electrons. The highest BCUT2D eigenvalue weighted by molar-refractivity contribution is 5.84. The van der Waals surface area contributed by atoms with Crippen LogP contribution in [0.5, 0.6) is 0 Å². The number of rotatable bonds is 8. The average Bonchev–Trinajstić information content (AvgIpc) is 3.78. The van der Waals surface area contributed by atoms with E-state index in [1.165, 1.54) is 6.07 Å². The standard InChI is InChI=1S/C34H39FN6O2/c1-23-14-24(8-11-37-23)18-40(28-5-3-12-38(21-28)27-4-2-10-36-17-27)19-25-20-41(26-6-7-26)32-16-33(39-13-9-29(42)22-39)31(35)15-30(32)34(25)43/h2,4,8,10-11,14-17,20,26,28-29,42H,3,5-7,9,12-13,18-19,21-22H2,1H3/t28-,29+/m0/s1. The number of piperidine rings is 1. The van der Waals surface area contributed by atoms with Gasteiger partial charge in [0, 0.05) is 86.6 Å². The second-order valence-electron chi connectivity index (χ2n) is 12.5. The lowest BCUT2D eigenvalue weighted by molar-refractivity contribution is 0.158. The van der Waals surface area contributed by atoms with E-state index in [-0.39, 0.29) is 11.5 Å². The minimum absolute atomic E-state index is 0.102. The molecule has 5 heterocycles. The molecular weight excluding hydrogens is 543 g/mol. The lowest BCUT2D eigenvalue weighted by atomic mass is 10.0. The first-order valence-electron chi connectivity index (χ1n) is 15.5. The van der Waals surface area contributed by atoms with Crippen LogP contribution < -0.4 is 15.2 Å². The van der Waals surface area contributed by atoms with Gasteiger partial charge in [0.05, 0.1) is 29.2 Å². The molecule has 0 unspecified atom stereocenters. The van der Waals surface area contributed by atoms with E-state index in [1.54, 1.807) is 6.20 Å². The molecule has 1 aliphatic carbocycles. The quantitative estimate of drug-likeness (QED) is 0.319. The molecule has 2 atom stereocenters. The van der Waals surface area contributed by atoms with Gasteiger partial charge in [0.1, 0.15) is 5.82 Å². The molecule has 0 bridgehead atoms. The Morgan fingerprint density at radius 2 is 1.91 bits per heavy atom. The maximum atomic E-state index is 15.5. The summed E-state index contributed by atoms with van der Waals surface area (Å²) in [6.07, 6.45) is 12.0. The van der Waals surface area contributed by atoms with Crippen molar-refractivity contribution < 1.29 is 9.50 Å². The second-order valence-corrected chi connectivity index (χ2v) is 12.5. The van der Waals surface area contributed by atoms with Crippen LogP contribution in [0.15, 0.2) is 66.0 Å². The summed E-state index contributed by atoms with van der Waals surface area (Å²) in [7, 11) is 0. The number of hydrogen-bond donors (Lipinski definition) is 1. The normalized spacial score (nSPS) is 20.8. The molecule has 1 N–H and O–H groups in total. The van der Waals surface area contributed by atoms with Crippen LogP contribution in [0, 0.1) is 12.7 Å². The Morgan fingerprint density at radius 3 is 2.65 bits per heavy atom. The van der Waals surface area contributed by atoms with Crippen LogP contribution in [0.25, 0.3) is 10.9 Å². The first kappa shape index (κ1) is 28.0. The van der Waals surface area contributed by atoms with Gasteiger partial charge in [0.15, 0.2) is 5.43 Å². The molecule has 4 aromatic rings. The largest absolute Gasteiger partial charge is 0.391 e. The number of β-amino-alcohol motifs (C(OH)–C–C–N with tert-alkyl or cyclic N) is 1. The fraction of sp³-hybridized carbons (Fsp3) is 0.441. The zero-order valence-electron chi connectivity index (χ0n) is 24.7. The predicted molar refractivity (Wildman–Crippen MR) is 167 cm³/mol. The van der Waals surface area contributed by atoms with Gasteiger partial charge in [-0.3, -0.25) is 19.7 Å². The van der Waals surface area contributed by atoms with E-state index in [4.69, 9.17) is 0 Å². The van der Waals surface area contributed by atoms with Crippen LogP contribution in [-0.2, 0) is 13.1 Å². The minimum Gasteiger partial charge on any atom is -0.391 e. The molecule has 7 rings (SSSR count). The lowest BCUT2D eigenvalue weighted by Crippen LogP contribution is -2.48. The number of aliphatic hydroxyl groups excluding tert-OH is 1. The molecule has 0 amide bonds. The molecular formula is C34H39FN6O2. The van der Waals surface area contributed by atoms with Crippen molar-refractivity contribution in [2.45, 2.75) is 70.3 Å². The van der Waals surface area contributed by atoms with E-state index in [0.717, 1.165) is 61.2 Å². The van der Waals surface area contributed by atoms with E-state index >= 15 is 4.39 Å². The summed E-state index contributed by atoms with van der Waals surface area (Å²) in [6.45, 7) is 6.02. The second kappa shape index (κ2) is 11.7. The minimum atomic E-state index is -0.452. The number of aliphatic hydroxyl groups is 1. The number of nitrogens with zero attached hydrogens (tertiary/aromatic N) is 6. The Hall–Kier alpha value is -3.82. The zero-order valence-corrected chi connectivity index (χ0v) is 24.7. The van der Waals surface area contributed by atoms with E-state index in [2.05, 4.69) is 42.5 Å². The third-order valence-electron chi connectivity index (χ3n) is 9.26. The highest BCUT2D eigenvalue weighted by Gasteiger charge is 2.31. The molecule has 1 aromatic carbocycles. The number of fused-ring (bicyclic) bond motifs is 1. The van der Waals surface area contributed by atoms with Gasteiger partial charge in [-0.25, -0.2) is 4.39 Å². The van der Waals surface area contributed by atoms with E-state index in [1.807, 2.05) is 42.5 Å². The maximum Gasteiger partial charge on any atom is 0.193 e. The van der Waals surface area contributed by atoms with Gasteiger partial charge in [-0.15, -0.1) is 0 Å². The van der Waals surface area contributed by atoms with Crippen molar-refractivity contribution in [2.24, 2.45) is 0 Å². The molecule has 1 saturated carbocycles. The highest BCUT2D eigenvalue weighted by atomic mass is 19.1. The molecule has 2 saturated heterocycles. The van der Waals surface area contributed by atoms with Gasteiger partial charge in [-0.2, -0.15) is 0 Å². The molecule has 3 aliphatic rings. The fourth-order valence-electron chi connectivity index (χ4n) is 6.88. The smallest absolute Gasteiger partial charge is 0.193 e. The van der Waals surface area contributed by atoms with Crippen molar-refractivity contribution in [1.29, 1.82) is 0 Å².